The Bertz CT molecular complexity index is 1350. The fourth-order valence-corrected chi connectivity index (χ4v) is 4.94. The quantitative estimate of drug-likeness (QED) is 0.347. The van der Waals surface area contributed by atoms with Crippen LogP contribution in [0.25, 0.3) is 0 Å². The number of hydrogen-bond donors (Lipinski definition) is 1. The van der Waals surface area contributed by atoms with Gasteiger partial charge in [-0.3, -0.25) is 13.9 Å². The lowest BCUT2D eigenvalue weighted by atomic mass is 10.0. The summed E-state index contributed by atoms with van der Waals surface area (Å²) in [7, 11) is -2.41. The summed E-state index contributed by atoms with van der Waals surface area (Å²) in [6.07, 6.45) is 1.85. The zero-order valence-corrected chi connectivity index (χ0v) is 23.2. The zero-order chi connectivity index (χ0) is 28.4. The van der Waals surface area contributed by atoms with Crippen molar-refractivity contribution in [3.63, 3.8) is 0 Å². The molecule has 0 heterocycles. The lowest BCUT2D eigenvalue weighted by Crippen LogP contribution is -2.53. The summed E-state index contributed by atoms with van der Waals surface area (Å²) in [6.45, 7) is 1.51. The molecule has 3 rings (SSSR count). The molecule has 3 aromatic rings. The summed E-state index contributed by atoms with van der Waals surface area (Å²) >= 11 is 0. The molecule has 0 bridgehead atoms. The SMILES string of the molecule is CCCNC(=O)C(Cc1ccccc1)N(Cc1ccccc1F)C(=O)CN(c1ccc(OC)cc1)S(C)(=O)=O. The smallest absolute Gasteiger partial charge is 0.244 e. The van der Waals surface area contributed by atoms with Gasteiger partial charge in [0, 0.05) is 25.1 Å². The molecular formula is C29H34FN3O5S. The molecule has 0 aliphatic carbocycles. The van der Waals surface area contributed by atoms with Crippen LogP contribution in [0.5, 0.6) is 5.75 Å². The number of ether oxygens (including phenoxy) is 1. The normalized spacial score (nSPS) is 11.9. The number of nitrogens with one attached hydrogen (secondary N) is 1. The van der Waals surface area contributed by atoms with E-state index in [2.05, 4.69) is 5.32 Å². The Kier molecular flexibility index (Phi) is 10.4. The predicted octanol–water partition coefficient (Wildman–Crippen LogP) is 3.77. The minimum absolute atomic E-state index is 0.165. The highest BCUT2D eigenvalue weighted by molar-refractivity contribution is 7.92. The molecule has 8 nitrogen and oxygen atoms in total. The molecule has 0 aromatic heterocycles. The monoisotopic (exact) mass is 555 g/mol. The maximum Gasteiger partial charge on any atom is 0.244 e. The van der Waals surface area contributed by atoms with Gasteiger partial charge in [-0.05, 0) is 42.3 Å². The van der Waals surface area contributed by atoms with E-state index in [9.17, 15) is 22.4 Å². The van der Waals surface area contributed by atoms with Gasteiger partial charge in [0.25, 0.3) is 0 Å². The van der Waals surface area contributed by atoms with Gasteiger partial charge in [-0.1, -0.05) is 55.5 Å². The van der Waals surface area contributed by atoms with E-state index in [1.54, 1.807) is 18.2 Å². The molecule has 1 N–H and O–H groups in total. The molecule has 10 heteroatoms. The summed E-state index contributed by atoms with van der Waals surface area (Å²) in [4.78, 5) is 28.6. The van der Waals surface area contributed by atoms with Crippen molar-refractivity contribution >= 4 is 27.5 Å². The van der Waals surface area contributed by atoms with Gasteiger partial charge >= 0.3 is 0 Å². The lowest BCUT2D eigenvalue weighted by Gasteiger charge is -2.33. The average Bonchev–Trinajstić information content (AvgIpc) is 2.93. The van der Waals surface area contributed by atoms with Crippen molar-refractivity contribution in [3.8, 4) is 5.75 Å². The summed E-state index contributed by atoms with van der Waals surface area (Å²) in [5.41, 5.74) is 1.27. The van der Waals surface area contributed by atoms with Crippen LogP contribution in [0.4, 0.5) is 10.1 Å². The topological polar surface area (TPSA) is 96.0 Å². The van der Waals surface area contributed by atoms with Gasteiger partial charge in [-0.25, -0.2) is 12.8 Å². The van der Waals surface area contributed by atoms with Crippen molar-refractivity contribution < 1.29 is 27.1 Å². The molecule has 3 aromatic carbocycles. The second-order valence-electron chi connectivity index (χ2n) is 9.08. The summed E-state index contributed by atoms with van der Waals surface area (Å²) in [5.74, 6) is -1.05. The van der Waals surface area contributed by atoms with Gasteiger partial charge in [0.1, 0.15) is 24.2 Å². The minimum Gasteiger partial charge on any atom is -0.497 e. The van der Waals surface area contributed by atoms with E-state index in [0.29, 0.717) is 18.7 Å². The Balaban J connectivity index is 2.04. The minimum atomic E-state index is -3.90. The number of anilines is 1. The van der Waals surface area contributed by atoms with E-state index in [0.717, 1.165) is 16.1 Å². The van der Waals surface area contributed by atoms with Crippen LogP contribution in [0.15, 0.2) is 78.9 Å². The van der Waals surface area contributed by atoms with Gasteiger partial charge in [0.05, 0.1) is 19.1 Å². The third-order valence-corrected chi connectivity index (χ3v) is 7.30. The van der Waals surface area contributed by atoms with Crippen LogP contribution in [0.1, 0.15) is 24.5 Å². The van der Waals surface area contributed by atoms with Crippen LogP contribution in [0.2, 0.25) is 0 Å². The molecule has 0 aliphatic rings. The van der Waals surface area contributed by atoms with E-state index in [4.69, 9.17) is 4.74 Å². The molecule has 0 fully saturated rings. The van der Waals surface area contributed by atoms with E-state index in [1.807, 2.05) is 37.3 Å². The van der Waals surface area contributed by atoms with Gasteiger partial charge in [0.15, 0.2) is 0 Å². The highest BCUT2D eigenvalue weighted by Gasteiger charge is 2.33. The van der Waals surface area contributed by atoms with Crippen molar-refractivity contribution in [3.05, 3.63) is 95.8 Å². The molecule has 2 amide bonds. The standard InChI is InChI=1S/C29H34FN3O5S/c1-4-18-31-29(35)27(19-22-10-6-5-7-11-22)32(20-23-12-8-9-13-26(23)30)28(34)21-33(39(3,36)37)24-14-16-25(38-2)17-15-24/h5-17,27H,4,18-21H2,1-3H3,(H,31,35). The number of methoxy groups -OCH3 is 1. The molecule has 0 saturated heterocycles. The van der Waals surface area contributed by atoms with Gasteiger partial charge in [-0.15, -0.1) is 0 Å². The van der Waals surface area contributed by atoms with E-state index >= 15 is 0 Å². The Morgan fingerprint density at radius 1 is 0.974 bits per heavy atom. The number of halogens is 1. The van der Waals surface area contributed by atoms with Crippen molar-refractivity contribution in [1.29, 1.82) is 0 Å². The average molecular weight is 556 g/mol. The summed E-state index contributed by atoms with van der Waals surface area (Å²) in [6, 6.07) is 20.4. The predicted molar refractivity (Wildman–Crippen MR) is 149 cm³/mol. The molecule has 208 valence electrons. The Labute approximate surface area is 229 Å². The second-order valence-corrected chi connectivity index (χ2v) is 11.0. The highest BCUT2D eigenvalue weighted by Crippen LogP contribution is 2.23. The van der Waals surface area contributed by atoms with Crippen molar-refractivity contribution in [2.75, 3.05) is 30.8 Å². The molecular weight excluding hydrogens is 521 g/mol. The number of carbonyl (C=O) groups is 2. The Morgan fingerprint density at radius 3 is 2.21 bits per heavy atom. The molecule has 39 heavy (non-hydrogen) atoms. The highest BCUT2D eigenvalue weighted by atomic mass is 32.2. The van der Waals surface area contributed by atoms with Crippen LogP contribution in [0, 0.1) is 5.82 Å². The maximum atomic E-state index is 14.7. The third-order valence-electron chi connectivity index (χ3n) is 6.16. The van der Waals surface area contributed by atoms with Gasteiger partial charge in [-0.2, -0.15) is 0 Å². The van der Waals surface area contributed by atoms with Gasteiger partial charge < -0.3 is 15.0 Å². The number of rotatable bonds is 13. The fraction of sp³-hybridized carbons (Fsp3) is 0.310. The Hall–Kier alpha value is -3.92. The number of hydrogen-bond acceptors (Lipinski definition) is 5. The first-order chi connectivity index (χ1) is 18.6. The first-order valence-electron chi connectivity index (χ1n) is 12.6. The zero-order valence-electron chi connectivity index (χ0n) is 22.3. The van der Waals surface area contributed by atoms with Crippen molar-refractivity contribution in [2.24, 2.45) is 0 Å². The first kappa shape index (κ1) is 29.6. The molecule has 0 radical (unpaired) electrons. The number of carbonyl (C=O) groups excluding carboxylic acids is 2. The number of sulfonamides is 1. The molecule has 1 atom stereocenters. The summed E-state index contributed by atoms with van der Waals surface area (Å²) < 4.78 is 46.4. The van der Waals surface area contributed by atoms with Crippen LogP contribution >= 0.6 is 0 Å². The third kappa shape index (κ3) is 8.28. The number of nitrogens with zero attached hydrogens (tertiary/aromatic N) is 2. The fourth-order valence-electron chi connectivity index (χ4n) is 4.09. The molecule has 0 spiro atoms. The molecule has 0 saturated carbocycles. The van der Waals surface area contributed by atoms with Crippen molar-refractivity contribution in [2.45, 2.75) is 32.4 Å². The van der Waals surface area contributed by atoms with E-state index in [-0.39, 0.29) is 24.2 Å². The lowest BCUT2D eigenvalue weighted by molar-refractivity contribution is -0.140. The summed E-state index contributed by atoms with van der Waals surface area (Å²) in [5, 5.41) is 2.84. The van der Waals surface area contributed by atoms with Crippen molar-refractivity contribution in [1.82, 2.24) is 10.2 Å². The molecule has 0 aliphatic heterocycles. The Morgan fingerprint density at radius 2 is 1.62 bits per heavy atom. The largest absolute Gasteiger partial charge is 0.497 e. The van der Waals surface area contributed by atoms with Crippen LogP contribution in [0.3, 0.4) is 0 Å². The van der Waals surface area contributed by atoms with Crippen LogP contribution < -0.4 is 14.4 Å². The number of benzene rings is 3. The van der Waals surface area contributed by atoms with E-state index in [1.165, 1.54) is 42.3 Å². The van der Waals surface area contributed by atoms with Crippen LogP contribution in [-0.4, -0.2) is 57.6 Å². The first-order valence-corrected chi connectivity index (χ1v) is 14.4. The van der Waals surface area contributed by atoms with Crippen LogP contribution in [-0.2, 0) is 32.6 Å². The van der Waals surface area contributed by atoms with Gasteiger partial charge in [0.2, 0.25) is 21.8 Å². The maximum absolute atomic E-state index is 14.7. The second kappa shape index (κ2) is 13.7. The van der Waals surface area contributed by atoms with E-state index < -0.39 is 40.2 Å². The number of amides is 2. The molecule has 1 unspecified atom stereocenters.